The molecule has 90 valence electrons. The van der Waals surface area contributed by atoms with Crippen molar-refractivity contribution < 1.29 is 0 Å². The third kappa shape index (κ3) is 3.00. The Kier molecular flexibility index (Phi) is 4.03. The van der Waals surface area contributed by atoms with Crippen LogP contribution in [0, 0.1) is 0 Å². The Bertz CT molecular complexity index is 404. The summed E-state index contributed by atoms with van der Waals surface area (Å²) < 4.78 is 0. The number of hydrogen-bond donors (Lipinski definition) is 1. The first-order chi connectivity index (χ1) is 8.33. The fourth-order valence-electron chi connectivity index (χ4n) is 2.40. The minimum Gasteiger partial charge on any atom is -0.385 e. The first-order valence-electron chi connectivity index (χ1n) is 6.48. The predicted octanol–water partition coefficient (Wildman–Crippen LogP) is 3.61. The van der Waals surface area contributed by atoms with Crippen LogP contribution in [0.5, 0.6) is 0 Å². The molecule has 0 saturated heterocycles. The van der Waals surface area contributed by atoms with Gasteiger partial charge in [-0.05, 0) is 43.4 Å². The zero-order valence-electron chi connectivity index (χ0n) is 10.7. The molecule has 0 bridgehead atoms. The van der Waals surface area contributed by atoms with E-state index in [0.717, 1.165) is 19.3 Å². The highest BCUT2D eigenvalue weighted by Crippen LogP contribution is 2.22. The number of rotatable bonds is 4. The molecule has 2 rings (SSSR count). The molecule has 0 heterocycles. The lowest BCUT2D eigenvalue weighted by Gasteiger charge is -2.15. The standard InChI is InChI=1S/C16H21N/c1-3-5-10-15(4-2)17-16-11-13-8-6-7-9-14(13)12-16/h3,5-10,16-17H,4,11-12H2,1-2H3/b5-3-,15-10+. The molecule has 1 aromatic rings. The van der Waals surface area contributed by atoms with Crippen LogP contribution < -0.4 is 5.32 Å². The van der Waals surface area contributed by atoms with E-state index in [1.165, 1.54) is 16.8 Å². The number of allylic oxidation sites excluding steroid dienone is 4. The largest absolute Gasteiger partial charge is 0.385 e. The van der Waals surface area contributed by atoms with E-state index in [4.69, 9.17) is 0 Å². The average Bonchev–Trinajstić information content (AvgIpc) is 2.76. The van der Waals surface area contributed by atoms with Crippen LogP contribution in [0.1, 0.15) is 31.4 Å². The average molecular weight is 227 g/mol. The number of nitrogens with one attached hydrogen (secondary N) is 1. The van der Waals surface area contributed by atoms with E-state index < -0.39 is 0 Å². The molecule has 0 aromatic heterocycles. The Hall–Kier alpha value is -1.50. The van der Waals surface area contributed by atoms with Gasteiger partial charge >= 0.3 is 0 Å². The van der Waals surface area contributed by atoms with Crippen molar-refractivity contribution >= 4 is 0 Å². The summed E-state index contributed by atoms with van der Waals surface area (Å²) >= 11 is 0. The van der Waals surface area contributed by atoms with Crippen LogP contribution in [0.25, 0.3) is 0 Å². The van der Waals surface area contributed by atoms with Gasteiger partial charge in [-0.15, -0.1) is 0 Å². The SMILES string of the molecule is C/C=C\C=C(/CC)NC1Cc2ccccc2C1. The highest BCUT2D eigenvalue weighted by molar-refractivity contribution is 5.33. The van der Waals surface area contributed by atoms with Crippen LogP contribution in [0.2, 0.25) is 0 Å². The normalized spacial score (nSPS) is 16.5. The lowest BCUT2D eigenvalue weighted by Crippen LogP contribution is -2.28. The molecule has 1 nitrogen and oxygen atoms in total. The van der Waals surface area contributed by atoms with Crippen molar-refractivity contribution in [2.45, 2.75) is 39.2 Å². The minimum atomic E-state index is 0.573. The van der Waals surface area contributed by atoms with E-state index in [0.29, 0.717) is 6.04 Å². The quantitative estimate of drug-likeness (QED) is 0.775. The van der Waals surface area contributed by atoms with E-state index in [1.54, 1.807) is 0 Å². The summed E-state index contributed by atoms with van der Waals surface area (Å²) in [6.07, 6.45) is 9.74. The molecule has 1 aliphatic carbocycles. The van der Waals surface area contributed by atoms with Crippen LogP contribution in [0.3, 0.4) is 0 Å². The molecule has 0 unspecified atom stereocenters. The highest BCUT2D eigenvalue weighted by Gasteiger charge is 2.20. The highest BCUT2D eigenvalue weighted by atomic mass is 14.9. The summed E-state index contributed by atoms with van der Waals surface area (Å²) in [5, 5.41) is 3.66. The fraction of sp³-hybridized carbons (Fsp3) is 0.375. The van der Waals surface area contributed by atoms with Crippen LogP contribution in [0.4, 0.5) is 0 Å². The smallest absolute Gasteiger partial charge is 0.0339 e. The molecular formula is C16H21N. The van der Waals surface area contributed by atoms with E-state index in [-0.39, 0.29) is 0 Å². The predicted molar refractivity (Wildman–Crippen MR) is 74.0 cm³/mol. The molecule has 0 fully saturated rings. The minimum absolute atomic E-state index is 0.573. The maximum atomic E-state index is 3.66. The van der Waals surface area contributed by atoms with Gasteiger partial charge in [-0.25, -0.2) is 0 Å². The third-order valence-corrected chi connectivity index (χ3v) is 3.31. The van der Waals surface area contributed by atoms with Gasteiger partial charge in [0, 0.05) is 11.7 Å². The summed E-state index contributed by atoms with van der Waals surface area (Å²) in [6, 6.07) is 9.34. The van der Waals surface area contributed by atoms with Crippen LogP contribution >= 0.6 is 0 Å². The Morgan fingerprint density at radius 1 is 1.29 bits per heavy atom. The van der Waals surface area contributed by atoms with Gasteiger partial charge in [0.25, 0.3) is 0 Å². The topological polar surface area (TPSA) is 12.0 Å². The van der Waals surface area contributed by atoms with Gasteiger partial charge in [-0.1, -0.05) is 43.3 Å². The van der Waals surface area contributed by atoms with E-state index in [1.807, 2.05) is 0 Å². The van der Waals surface area contributed by atoms with Crippen molar-refractivity contribution in [3.8, 4) is 0 Å². The second-order valence-corrected chi connectivity index (χ2v) is 4.59. The zero-order chi connectivity index (χ0) is 12.1. The molecule has 1 aromatic carbocycles. The van der Waals surface area contributed by atoms with Gasteiger partial charge in [0.05, 0.1) is 0 Å². The first kappa shape index (κ1) is 12.0. The summed E-state index contributed by atoms with van der Waals surface area (Å²) in [6.45, 7) is 4.25. The van der Waals surface area contributed by atoms with E-state index >= 15 is 0 Å². The second-order valence-electron chi connectivity index (χ2n) is 4.59. The van der Waals surface area contributed by atoms with Gasteiger partial charge in [0.2, 0.25) is 0 Å². The molecule has 0 amide bonds. The van der Waals surface area contributed by atoms with Crippen LogP contribution in [-0.4, -0.2) is 6.04 Å². The van der Waals surface area contributed by atoms with Gasteiger partial charge in [-0.2, -0.15) is 0 Å². The summed E-state index contributed by atoms with van der Waals surface area (Å²) in [7, 11) is 0. The first-order valence-corrected chi connectivity index (χ1v) is 6.48. The summed E-state index contributed by atoms with van der Waals surface area (Å²) in [5.41, 5.74) is 4.35. The molecule has 0 aliphatic heterocycles. The Balaban J connectivity index is 1.99. The molecule has 1 aliphatic rings. The maximum Gasteiger partial charge on any atom is 0.0339 e. The van der Waals surface area contributed by atoms with Crippen LogP contribution in [0.15, 0.2) is 48.2 Å². The van der Waals surface area contributed by atoms with Crippen molar-refractivity contribution in [1.82, 2.24) is 5.32 Å². The fourth-order valence-corrected chi connectivity index (χ4v) is 2.40. The molecule has 0 atom stereocenters. The summed E-state index contributed by atoms with van der Waals surface area (Å²) in [4.78, 5) is 0. The van der Waals surface area contributed by atoms with Gasteiger partial charge < -0.3 is 5.32 Å². The third-order valence-electron chi connectivity index (χ3n) is 3.31. The molecule has 1 N–H and O–H groups in total. The van der Waals surface area contributed by atoms with E-state index in [9.17, 15) is 0 Å². The Morgan fingerprint density at radius 3 is 2.47 bits per heavy atom. The number of hydrogen-bond acceptors (Lipinski definition) is 1. The van der Waals surface area contributed by atoms with Crippen LogP contribution in [-0.2, 0) is 12.8 Å². The Morgan fingerprint density at radius 2 is 1.94 bits per heavy atom. The number of benzene rings is 1. The lowest BCUT2D eigenvalue weighted by atomic mass is 10.1. The maximum absolute atomic E-state index is 3.66. The van der Waals surface area contributed by atoms with Crippen molar-refractivity contribution in [3.63, 3.8) is 0 Å². The Labute approximate surface area is 104 Å². The van der Waals surface area contributed by atoms with Crippen molar-refractivity contribution in [1.29, 1.82) is 0 Å². The molecule has 0 radical (unpaired) electrons. The van der Waals surface area contributed by atoms with Gasteiger partial charge in [-0.3, -0.25) is 0 Å². The number of fused-ring (bicyclic) bond motifs is 1. The van der Waals surface area contributed by atoms with E-state index in [2.05, 4.69) is 61.7 Å². The lowest BCUT2D eigenvalue weighted by molar-refractivity contribution is 0.584. The van der Waals surface area contributed by atoms with Crippen molar-refractivity contribution in [2.24, 2.45) is 0 Å². The monoisotopic (exact) mass is 227 g/mol. The van der Waals surface area contributed by atoms with Gasteiger partial charge in [0.1, 0.15) is 0 Å². The van der Waals surface area contributed by atoms with Crippen molar-refractivity contribution in [2.75, 3.05) is 0 Å². The molecule has 1 heteroatoms. The molecule has 0 spiro atoms. The van der Waals surface area contributed by atoms with Gasteiger partial charge in [0.15, 0.2) is 0 Å². The molecule has 17 heavy (non-hydrogen) atoms. The summed E-state index contributed by atoms with van der Waals surface area (Å²) in [5.74, 6) is 0. The zero-order valence-corrected chi connectivity index (χ0v) is 10.7. The second kappa shape index (κ2) is 5.72. The van der Waals surface area contributed by atoms with Crippen molar-refractivity contribution in [3.05, 3.63) is 59.3 Å². The molecule has 0 saturated carbocycles. The molecular weight excluding hydrogens is 206 g/mol.